The van der Waals surface area contributed by atoms with Crippen LogP contribution < -0.4 is 5.32 Å². The Hall–Kier alpha value is -0.580. The van der Waals surface area contributed by atoms with E-state index in [0.29, 0.717) is 6.04 Å². The Bertz CT molecular complexity index is 349. The molecule has 2 heterocycles. The van der Waals surface area contributed by atoms with E-state index in [2.05, 4.69) is 5.32 Å². The molecule has 1 aliphatic rings. The van der Waals surface area contributed by atoms with Crippen LogP contribution in [-0.4, -0.2) is 37.0 Å². The Morgan fingerprint density at radius 2 is 2.27 bits per heavy atom. The predicted molar refractivity (Wildman–Crippen MR) is 65.1 cm³/mol. The quantitative estimate of drug-likeness (QED) is 0.858. The van der Waals surface area contributed by atoms with Crippen molar-refractivity contribution in [2.24, 2.45) is 0 Å². The summed E-state index contributed by atoms with van der Waals surface area (Å²) in [6, 6.07) is 2.37. The fourth-order valence-corrected chi connectivity index (χ4v) is 2.37. The molecule has 2 rings (SSSR count). The van der Waals surface area contributed by atoms with Crippen molar-refractivity contribution in [3.63, 3.8) is 0 Å². The smallest absolute Gasteiger partial charge is 0.264 e. The first-order valence-electron chi connectivity index (χ1n) is 4.72. The Labute approximate surface area is 99.9 Å². The number of carbonyl (C=O) groups excluding carboxylic acids is 1. The third-order valence-electron chi connectivity index (χ3n) is 2.68. The van der Waals surface area contributed by atoms with Gasteiger partial charge in [-0.3, -0.25) is 4.79 Å². The van der Waals surface area contributed by atoms with Gasteiger partial charge < -0.3 is 10.2 Å². The molecule has 1 aliphatic heterocycles. The molecule has 1 aromatic rings. The molecule has 0 aromatic carbocycles. The summed E-state index contributed by atoms with van der Waals surface area (Å²) in [5, 5.41) is 5.13. The second-order valence-electron chi connectivity index (χ2n) is 3.66. The highest BCUT2D eigenvalue weighted by Gasteiger charge is 2.27. The van der Waals surface area contributed by atoms with Gasteiger partial charge in [-0.05, 0) is 23.9 Å². The van der Waals surface area contributed by atoms with Crippen molar-refractivity contribution in [3.8, 4) is 0 Å². The number of amides is 1. The van der Waals surface area contributed by atoms with Crippen LogP contribution in [0.5, 0.6) is 0 Å². The van der Waals surface area contributed by atoms with Crippen LogP contribution in [0.3, 0.4) is 0 Å². The zero-order valence-electron chi connectivity index (χ0n) is 8.82. The van der Waals surface area contributed by atoms with Crippen LogP contribution in [0.1, 0.15) is 15.2 Å². The molecular weight excluding hydrogens is 232 g/mol. The lowest BCUT2D eigenvalue weighted by atomic mass is 10.1. The van der Waals surface area contributed by atoms with Gasteiger partial charge in [-0.2, -0.15) is 0 Å². The summed E-state index contributed by atoms with van der Waals surface area (Å²) in [6.45, 7) is 3.83. The molecule has 3 nitrogen and oxygen atoms in total. The number of nitrogens with zero attached hydrogens (tertiary/aromatic N) is 1. The van der Waals surface area contributed by atoms with E-state index in [1.165, 1.54) is 11.3 Å². The molecule has 1 aromatic heterocycles. The molecule has 5 heteroatoms. The molecule has 15 heavy (non-hydrogen) atoms. The number of aryl methyl sites for hydroxylation is 1. The number of carbonyl (C=O) groups is 1. The Kier molecular flexibility index (Phi) is 4.13. The lowest BCUT2D eigenvalue weighted by Crippen LogP contribution is -2.57. The first-order chi connectivity index (χ1) is 6.70. The SMILES string of the molecule is Cc1ccsc1C(=O)N(C)C1CNC1.Cl. The maximum absolute atomic E-state index is 12.0. The van der Waals surface area contributed by atoms with E-state index >= 15 is 0 Å². The Balaban J connectivity index is 0.00000112. The molecule has 0 radical (unpaired) electrons. The monoisotopic (exact) mass is 246 g/mol. The average molecular weight is 247 g/mol. The highest BCUT2D eigenvalue weighted by molar-refractivity contribution is 7.12. The van der Waals surface area contributed by atoms with Crippen molar-refractivity contribution in [2.75, 3.05) is 20.1 Å². The molecular formula is C10H15ClN2OS. The first-order valence-corrected chi connectivity index (χ1v) is 5.60. The Morgan fingerprint density at radius 1 is 1.60 bits per heavy atom. The minimum absolute atomic E-state index is 0. The van der Waals surface area contributed by atoms with E-state index in [1.54, 1.807) is 0 Å². The molecule has 0 atom stereocenters. The van der Waals surface area contributed by atoms with Crippen LogP contribution in [-0.2, 0) is 0 Å². The van der Waals surface area contributed by atoms with Gasteiger partial charge in [0.25, 0.3) is 5.91 Å². The predicted octanol–water partition coefficient (Wildman–Crippen LogP) is 1.52. The number of halogens is 1. The lowest BCUT2D eigenvalue weighted by Gasteiger charge is -2.35. The highest BCUT2D eigenvalue weighted by Crippen LogP contribution is 2.18. The number of nitrogens with one attached hydrogen (secondary N) is 1. The van der Waals surface area contributed by atoms with Crippen molar-refractivity contribution in [2.45, 2.75) is 13.0 Å². The van der Waals surface area contributed by atoms with Crippen LogP contribution in [0, 0.1) is 6.92 Å². The summed E-state index contributed by atoms with van der Waals surface area (Å²) >= 11 is 1.53. The van der Waals surface area contributed by atoms with Crippen LogP contribution in [0.25, 0.3) is 0 Å². The van der Waals surface area contributed by atoms with Gasteiger partial charge in [0.2, 0.25) is 0 Å². The van der Waals surface area contributed by atoms with Crippen molar-refractivity contribution >= 4 is 29.7 Å². The summed E-state index contributed by atoms with van der Waals surface area (Å²) in [4.78, 5) is 14.7. The summed E-state index contributed by atoms with van der Waals surface area (Å²) in [5.74, 6) is 0.156. The van der Waals surface area contributed by atoms with Gasteiger partial charge >= 0.3 is 0 Å². The fraction of sp³-hybridized carbons (Fsp3) is 0.500. The van der Waals surface area contributed by atoms with Crippen LogP contribution in [0.4, 0.5) is 0 Å². The summed E-state index contributed by atoms with van der Waals surface area (Å²) in [5.41, 5.74) is 1.08. The van der Waals surface area contributed by atoms with E-state index in [0.717, 1.165) is 23.5 Å². The molecule has 1 fully saturated rings. The van der Waals surface area contributed by atoms with Crippen molar-refractivity contribution < 1.29 is 4.79 Å². The van der Waals surface area contributed by atoms with E-state index in [-0.39, 0.29) is 18.3 Å². The van der Waals surface area contributed by atoms with Gasteiger partial charge in [-0.15, -0.1) is 23.7 Å². The lowest BCUT2D eigenvalue weighted by molar-refractivity contribution is 0.0685. The summed E-state index contributed by atoms with van der Waals surface area (Å²) in [6.07, 6.45) is 0. The van der Waals surface area contributed by atoms with Crippen LogP contribution in [0.2, 0.25) is 0 Å². The second kappa shape index (κ2) is 4.96. The number of thiophene rings is 1. The van der Waals surface area contributed by atoms with Crippen molar-refractivity contribution in [1.82, 2.24) is 10.2 Å². The third kappa shape index (κ3) is 2.33. The van der Waals surface area contributed by atoms with Gasteiger partial charge in [0.15, 0.2) is 0 Å². The highest BCUT2D eigenvalue weighted by atomic mass is 35.5. The van der Waals surface area contributed by atoms with Gasteiger partial charge in [0, 0.05) is 20.1 Å². The Morgan fingerprint density at radius 3 is 2.67 bits per heavy atom. The molecule has 1 saturated heterocycles. The maximum atomic E-state index is 12.0. The molecule has 0 spiro atoms. The van der Waals surface area contributed by atoms with Crippen LogP contribution >= 0.6 is 23.7 Å². The van der Waals surface area contributed by atoms with Crippen LogP contribution in [0.15, 0.2) is 11.4 Å². The maximum Gasteiger partial charge on any atom is 0.264 e. The standard InChI is InChI=1S/C10H14N2OS.ClH/c1-7-3-4-14-9(7)10(13)12(2)8-5-11-6-8;/h3-4,8,11H,5-6H2,1-2H3;1H. The molecule has 1 amide bonds. The largest absolute Gasteiger partial charge is 0.335 e. The number of likely N-dealkylation sites (N-methyl/N-ethyl adjacent to an activating group) is 1. The van der Waals surface area contributed by atoms with Crippen molar-refractivity contribution in [1.29, 1.82) is 0 Å². The van der Waals surface area contributed by atoms with Gasteiger partial charge in [0.1, 0.15) is 0 Å². The zero-order valence-corrected chi connectivity index (χ0v) is 10.5. The van der Waals surface area contributed by atoms with Gasteiger partial charge in [0.05, 0.1) is 10.9 Å². The molecule has 0 unspecified atom stereocenters. The fourth-order valence-electron chi connectivity index (χ4n) is 1.47. The molecule has 0 aliphatic carbocycles. The zero-order chi connectivity index (χ0) is 10.1. The molecule has 0 saturated carbocycles. The van der Waals surface area contributed by atoms with Crippen molar-refractivity contribution in [3.05, 3.63) is 21.9 Å². The van der Waals surface area contributed by atoms with Gasteiger partial charge in [-0.25, -0.2) is 0 Å². The van der Waals surface area contributed by atoms with E-state index in [4.69, 9.17) is 0 Å². The number of hydrogen-bond donors (Lipinski definition) is 1. The molecule has 0 bridgehead atoms. The number of rotatable bonds is 2. The normalized spacial score (nSPS) is 15.3. The molecule has 84 valence electrons. The van der Waals surface area contributed by atoms with Gasteiger partial charge in [-0.1, -0.05) is 0 Å². The topological polar surface area (TPSA) is 32.3 Å². The second-order valence-corrected chi connectivity index (χ2v) is 4.58. The first kappa shape index (κ1) is 12.5. The average Bonchev–Trinajstić information content (AvgIpc) is 2.47. The summed E-state index contributed by atoms with van der Waals surface area (Å²) in [7, 11) is 1.88. The number of hydrogen-bond acceptors (Lipinski definition) is 3. The third-order valence-corrected chi connectivity index (χ3v) is 3.69. The van der Waals surface area contributed by atoms with E-state index in [1.807, 2.05) is 30.3 Å². The molecule has 1 N–H and O–H groups in total. The minimum Gasteiger partial charge on any atom is -0.335 e. The summed E-state index contributed by atoms with van der Waals surface area (Å²) < 4.78 is 0. The van der Waals surface area contributed by atoms with E-state index in [9.17, 15) is 4.79 Å². The minimum atomic E-state index is 0. The van der Waals surface area contributed by atoms with E-state index < -0.39 is 0 Å².